The maximum atomic E-state index is 12.6. The molecule has 1 aromatic carbocycles. The van der Waals surface area contributed by atoms with Crippen molar-refractivity contribution in [1.82, 2.24) is 10.6 Å². The van der Waals surface area contributed by atoms with Gasteiger partial charge in [0, 0.05) is 23.6 Å². The molecule has 3 rings (SSSR count). The average Bonchev–Trinajstić information content (AvgIpc) is 2.72. The van der Waals surface area contributed by atoms with Crippen LogP contribution in [-0.4, -0.2) is 18.0 Å². The molecule has 0 saturated carbocycles. The van der Waals surface area contributed by atoms with Crippen LogP contribution in [0.3, 0.4) is 0 Å². The van der Waals surface area contributed by atoms with Gasteiger partial charge in [-0.05, 0) is 17.7 Å². The highest BCUT2D eigenvalue weighted by atomic mass is 16.5. The summed E-state index contributed by atoms with van der Waals surface area (Å²) in [6, 6.07) is 6.57. The van der Waals surface area contributed by atoms with Crippen molar-refractivity contribution in [2.45, 2.75) is 39.3 Å². The molecule has 0 bridgehead atoms. The third-order valence-electron chi connectivity index (χ3n) is 4.65. The van der Waals surface area contributed by atoms with Crippen molar-refractivity contribution in [2.75, 3.05) is 0 Å². The highest BCUT2D eigenvalue weighted by Crippen LogP contribution is 2.34. The number of hydrogen-bond acceptors (Lipinski definition) is 3. The zero-order chi connectivity index (χ0) is 21.4. The van der Waals surface area contributed by atoms with E-state index in [2.05, 4.69) is 17.2 Å². The molecule has 0 aromatic heterocycles. The number of allylic oxidation sites excluding steroid dienone is 6. The predicted octanol–water partition coefficient (Wildman–Crippen LogP) is 3.89. The normalized spacial score (nSPS) is 23.5. The average molecular weight is 396 g/mol. The fraction of sp³-hybridized carbons (Fsp3) is 0.304. The second kappa shape index (κ2) is 10.3. The standard InChI is InChI=1S/C21H23N3O3.C2H6/c1-3-7-14-13(2)8-6-10-16(14)23-21(26)24-17-12-19(20(22)25)27-18-11-5-4-9-15(17)18;1-2/h3-11,13,17,19H,1,12H2,2H3,(H2,22,25)(H2,23,24,26);1-2H3/b14-7+;. The van der Waals surface area contributed by atoms with Gasteiger partial charge in [-0.25, -0.2) is 4.79 Å². The van der Waals surface area contributed by atoms with Crippen molar-refractivity contribution >= 4 is 11.9 Å². The lowest BCUT2D eigenvalue weighted by Gasteiger charge is -2.31. The van der Waals surface area contributed by atoms with E-state index in [1.807, 2.05) is 63.3 Å². The van der Waals surface area contributed by atoms with E-state index < -0.39 is 12.0 Å². The number of nitrogens with two attached hydrogens (primary N) is 1. The monoisotopic (exact) mass is 395 g/mol. The van der Waals surface area contributed by atoms with Crippen LogP contribution >= 0.6 is 0 Å². The molecule has 0 saturated heterocycles. The first-order valence-electron chi connectivity index (χ1n) is 9.83. The molecule has 1 aliphatic heterocycles. The summed E-state index contributed by atoms with van der Waals surface area (Å²) in [7, 11) is 0. The minimum Gasteiger partial charge on any atom is -0.480 e. The number of benzene rings is 1. The number of amides is 3. The van der Waals surface area contributed by atoms with Crippen LogP contribution in [0, 0.1) is 5.92 Å². The zero-order valence-electron chi connectivity index (χ0n) is 17.1. The van der Waals surface area contributed by atoms with Crippen LogP contribution in [0.1, 0.15) is 38.8 Å². The number of carbonyl (C=O) groups is 2. The lowest BCUT2D eigenvalue weighted by Crippen LogP contribution is -2.45. The molecular formula is C23H29N3O3. The topological polar surface area (TPSA) is 93.5 Å². The molecule has 2 aliphatic rings. The van der Waals surface area contributed by atoms with E-state index in [1.54, 1.807) is 12.1 Å². The minimum atomic E-state index is -0.779. The van der Waals surface area contributed by atoms with Gasteiger partial charge in [0.15, 0.2) is 6.10 Å². The number of ether oxygens (including phenoxy) is 1. The van der Waals surface area contributed by atoms with Crippen molar-refractivity contribution < 1.29 is 14.3 Å². The molecule has 3 unspecified atom stereocenters. The second-order valence-corrected chi connectivity index (χ2v) is 6.55. The molecule has 29 heavy (non-hydrogen) atoms. The Labute approximate surface area is 172 Å². The van der Waals surface area contributed by atoms with E-state index in [1.165, 1.54) is 0 Å². The van der Waals surface area contributed by atoms with Gasteiger partial charge in [0.25, 0.3) is 5.91 Å². The van der Waals surface area contributed by atoms with Gasteiger partial charge in [-0.3, -0.25) is 4.79 Å². The van der Waals surface area contributed by atoms with Crippen LogP contribution < -0.4 is 21.1 Å². The molecule has 0 spiro atoms. The number of para-hydroxylation sites is 1. The molecule has 3 amide bonds. The third-order valence-corrected chi connectivity index (χ3v) is 4.65. The van der Waals surface area contributed by atoms with Crippen LogP contribution in [0.25, 0.3) is 0 Å². The zero-order valence-corrected chi connectivity index (χ0v) is 17.1. The molecule has 3 atom stereocenters. The minimum absolute atomic E-state index is 0.173. The molecular weight excluding hydrogens is 366 g/mol. The summed E-state index contributed by atoms with van der Waals surface area (Å²) in [4.78, 5) is 24.2. The summed E-state index contributed by atoms with van der Waals surface area (Å²) in [6.45, 7) is 9.78. The van der Waals surface area contributed by atoms with Gasteiger partial charge >= 0.3 is 6.03 Å². The Morgan fingerprint density at radius 3 is 2.69 bits per heavy atom. The van der Waals surface area contributed by atoms with Gasteiger partial charge in [-0.15, -0.1) is 0 Å². The largest absolute Gasteiger partial charge is 0.480 e. The van der Waals surface area contributed by atoms with Gasteiger partial charge in [-0.2, -0.15) is 0 Å². The third kappa shape index (κ3) is 5.38. The number of carbonyl (C=O) groups excluding carboxylic acids is 2. The smallest absolute Gasteiger partial charge is 0.319 e. The fourth-order valence-electron chi connectivity index (χ4n) is 3.29. The van der Waals surface area contributed by atoms with E-state index in [0.717, 1.165) is 11.1 Å². The summed E-state index contributed by atoms with van der Waals surface area (Å²) in [5, 5.41) is 5.82. The molecule has 1 heterocycles. The summed E-state index contributed by atoms with van der Waals surface area (Å²) in [5.74, 6) is 0.173. The molecule has 0 radical (unpaired) electrons. The second-order valence-electron chi connectivity index (χ2n) is 6.55. The number of urea groups is 1. The molecule has 154 valence electrons. The van der Waals surface area contributed by atoms with Crippen LogP contribution in [-0.2, 0) is 4.79 Å². The Bertz CT molecular complexity index is 855. The summed E-state index contributed by atoms with van der Waals surface area (Å²) in [6.07, 6.45) is 8.89. The van der Waals surface area contributed by atoms with Gasteiger partial charge < -0.3 is 21.1 Å². The van der Waals surface area contributed by atoms with Gasteiger partial charge in [0.05, 0.1) is 6.04 Å². The Hall–Kier alpha value is -3.28. The van der Waals surface area contributed by atoms with Gasteiger partial charge in [0.1, 0.15) is 5.75 Å². The lowest BCUT2D eigenvalue weighted by molar-refractivity contribution is -0.125. The number of primary amides is 1. The Morgan fingerprint density at radius 1 is 1.28 bits per heavy atom. The van der Waals surface area contributed by atoms with E-state index in [0.29, 0.717) is 11.4 Å². The maximum absolute atomic E-state index is 12.6. The number of nitrogens with one attached hydrogen (secondary N) is 2. The van der Waals surface area contributed by atoms with Crippen molar-refractivity contribution in [2.24, 2.45) is 11.7 Å². The predicted molar refractivity (Wildman–Crippen MR) is 115 cm³/mol. The number of fused-ring (bicyclic) bond motifs is 1. The van der Waals surface area contributed by atoms with Crippen LogP contribution in [0.4, 0.5) is 4.79 Å². The first-order chi connectivity index (χ1) is 14.0. The van der Waals surface area contributed by atoms with E-state index in [9.17, 15) is 9.59 Å². The molecule has 6 heteroatoms. The van der Waals surface area contributed by atoms with Crippen molar-refractivity contribution in [3.63, 3.8) is 0 Å². The molecule has 1 aromatic rings. The summed E-state index contributed by atoms with van der Waals surface area (Å²) >= 11 is 0. The molecule has 0 fully saturated rings. The number of hydrogen-bond donors (Lipinski definition) is 3. The number of rotatable bonds is 4. The lowest BCUT2D eigenvalue weighted by atomic mass is 9.93. The first-order valence-corrected chi connectivity index (χ1v) is 9.83. The van der Waals surface area contributed by atoms with Crippen molar-refractivity contribution in [3.8, 4) is 5.75 Å². The quantitative estimate of drug-likeness (QED) is 0.722. The molecule has 4 N–H and O–H groups in total. The van der Waals surface area contributed by atoms with Gasteiger partial charge in [0.2, 0.25) is 0 Å². The summed E-state index contributed by atoms with van der Waals surface area (Å²) < 4.78 is 5.63. The highest BCUT2D eigenvalue weighted by Gasteiger charge is 2.32. The van der Waals surface area contributed by atoms with Gasteiger partial charge in [-0.1, -0.05) is 69.9 Å². The van der Waals surface area contributed by atoms with Crippen LogP contribution in [0.2, 0.25) is 0 Å². The Morgan fingerprint density at radius 2 is 2.00 bits per heavy atom. The Balaban J connectivity index is 0.00000145. The van der Waals surface area contributed by atoms with Crippen LogP contribution in [0.5, 0.6) is 5.75 Å². The molecule has 1 aliphatic carbocycles. The van der Waals surface area contributed by atoms with E-state index in [-0.39, 0.29) is 24.4 Å². The SMILES string of the molecule is C=C/C=C1/C(NC(=O)NC2CC(C(N)=O)Oc3ccccc32)=CC=CC1C.CC. The maximum Gasteiger partial charge on any atom is 0.319 e. The first kappa shape index (κ1) is 22.0. The van der Waals surface area contributed by atoms with Crippen molar-refractivity contribution in [1.29, 1.82) is 0 Å². The fourth-order valence-corrected chi connectivity index (χ4v) is 3.29. The Kier molecular flexibility index (Phi) is 7.83. The highest BCUT2D eigenvalue weighted by molar-refractivity contribution is 5.81. The van der Waals surface area contributed by atoms with E-state index >= 15 is 0 Å². The molecule has 6 nitrogen and oxygen atoms in total. The van der Waals surface area contributed by atoms with Crippen LogP contribution in [0.15, 0.2) is 72.5 Å². The van der Waals surface area contributed by atoms with E-state index in [4.69, 9.17) is 10.5 Å². The van der Waals surface area contributed by atoms with Crippen molar-refractivity contribution in [3.05, 3.63) is 78.1 Å². The summed E-state index contributed by atoms with van der Waals surface area (Å²) in [5.41, 5.74) is 7.92.